The van der Waals surface area contributed by atoms with Gasteiger partial charge in [0.25, 0.3) is 0 Å². The van der Waals surface area contributed by atoms with Gasteiger partial charge < -0.3 is 0 Å². The fourth-order valence-corrected chi connectivity index (χ4v) is 5.77. The first-order valence-corrected chi connectivity index (χ1v) is 9.35. The van der Waals surface area contributed by atoms with Gasteiger partial charge in [0.1, 0.15) is 0 Å². The van der Waals surface area contributed by atoms with E-state index >= 15 is 0 Å². The zero-order valence-corrected chi connectivity index (χ0v) is 14.8. The molecule has 0 aliphatic heterocycles. The van der Waals surface area contributed by atoms with Crippen molar-refractivity contribution in [1.29, 1.82) is 0 Å². The molecule has 20 heavy (non-hydrogen) atoms. The predicted molar refractivity (Wildman–Crippen MR) is 83.5 cm³/mol. The molecular formula is C15H15AsBrN2O. The van der Waals surface area contributed by atoms with Crippen LogP contribution in [-0.4, -0.2) is 36.9 Å². The fourth-order valence-electron chi connectivity index (χ4n) is 2.53. The van der Waals surface area contributed by atoms with E-state index in [2.05, 4.69) is 44.1 Å². The Hall–Kier alpha value is -0.702. The first kappa shape index (κ1) is 14.2. The van der Waals surface area contributed by atoms with Crippen molar-refractivity contribution < 1.29 is 5.11 Å². The van der Waals surface area contributed by atoms with Crippen LogP contribution >= 0.6 is 15.9 Å². The molecule has 1 aromatic carbocycles. The summed E-state index contributed by atoms with van der Waals surface area (Å²) in [4.78, 5) is 9.16. The van der Waals surface area contributed by atoms with Crippen molar-refractivity contribution in [3.8, 4) is 0 Å². The first-order valence-electron chi connectivity index (χ1n) is 6.53. The van der Waals surface area contributed by atoms with Crippen molar-refractivity contribution in [1.82, 2.24) is 9.97 Å². The Morgan fingerprint density at radius 1 is 1.20 bits per heavy atom. The molecule has 2 atom stereocenters. The summed E-state index contributed by atoms with van der Waals surface area (Å²) in [6.45, 7) is 3.95. The van der Waals surface area contributed by atoms with E-state index in [-0.39, 0.29) is 26.6 Å². The van der Waals surface area contributed by atoms with E-state index in [0.717, 1.165) is 26.9 Å². The van der Waals surface area contributed by atoms with Crippen molar-refractivity contribution in [2.45, 2.75) is 31.1 Å². The van der Waals surface area contributed by atoms with Crippen molar-refractivity contribution in [3.05, 3.63) is 51.4 Å². The molecule has 1 aliphatic carbocycles. The van der Waals surface area contributed by atoms with Crippen molar-refractivity contribution in [3.63, 3.8) is 0 Å². The van der Waals surface area contributed by atoms with E-state index in [1.54, 1.807) is 0 Å². The summed E-state index contributed by atoms with van der Waals surface area (Å²) < 4.78 is 2.10. The standard InChI is InChI=1S/C15H15AsBrN2O/c1-8-14(18-9(2)15(17)19-8)16-13-11-6-4-3-5-10(11)7-12(13)20/h3-6,12-13,20H,7H2,1-2H3/t12-,13+/m0/s1. The van der Waals surface area contributed by atoms with Gasteiger partial charge in [-0.2, -0.15) is 0 Å². The number of aliphatic hydroxyl groups excluding tert-OH is 1. The molecule has 0 saturated carbocycles. The zero-order valence-electron chi connectivity index (χ0n) is 11.3. The molecule has 1 N–H and O–H groups in total. The zero-order chi connectivity index (χ0) is 14.3. The molecule has 5 heteroatoms. The summed E-state index contributed by atoms with van der Waals surface area (Å²) in [6.07, 6.45) is 0.482. The topological polar surface area (TPSA) is 46.0 Å². The number of rotatable bonds is 2. The van der Waals surface area contributed by atoms with Gasteiger partial charge in [-0.15, -0.1) is 0 Å². The third-order valence-electron chi connectivity index (χ3n) is 3.59. The molecule has 0 spiro atoms. The molecule has 0 amide bonds. The third kappa shape index (κ3) is 2.57. The van der Waals surface area contributed by atoms with Crippen molar-refractivity contribution in [2.75, 3.05) is 0 Å². The number of halogens is 1. The molecule has 0 saturated heterocycles. The number of benzene rings is 1. The minimum absolute atomic E-state index is 0.219. The van der Waals surface area contributed by atoms with Gasteiger partial charge in [0.2, 0.25) is 0 Å². The van der Waals surface area contributed by atoms with Gasteiger partial charge in [0, 0.05) is 0 Å². The predicted octanol–water partition coefficient (Wildman–Crippen LogP) is 1.84. The summed E-state index contributed by atoms with van der Waals surface area (Å²) in [6, 6.07) is 8.35. The fraction of sp³-hybridized carbons (Fsp3) is 0.333. The van der Waals surface area contributed by atoms with Crippen LogP contribution in [0.3, 0.4) is 0 Å². The molecular weight excluding hydrogens is 379 g/mol. The number of fused-ring (bicyclic) bond motifs is 1. The number of aliphatic hydroxyl groups is 1. The second-order valence-corrected chi connectivity index (χ2v) is 8.40. The first-order chi connectivity index (χ1) is 9.56. The summed E-state index contributed by atoms with van der Waals surface area (Å²) in [5, 5.41) is 10.4. The van der Waals surface area contributed by atoms with Gasteiger partial charge in [-0.25, -0.2) is 0 Å². The van der Waals surface area contributed by atoms with E-state index in [1.165, 1.54) is 11.1 Å². The van der Waals surface area contributed by atoms with Crippen LogP contribution in [0, 0.1) is 13.8 Å². The van der Waals surface area contributed by atoms with E-state index in [4.69, 9.17) is 0 Å². The van der Waals surface area contributed by atoms with Gasteiger partial charge in [0.05, 0.1) is 0 Å². The van der Waals surface area contributed by atoms with Crippen LogP contribution in [-0.2, 0) is 6.42 Å². The van der Waals surface area contributed by atoms with Gasteiger partial charge >= 0.3 is 134 Å². The van der Waals surface area contributed by atoms with Crippen LogP contribution in [0.25, 0.3) is 0 Å². The molecule has 2 aromatic rings. The van der Waals surface area contributed by atoms with Crippen LogP contribution in [0.15, 0.2) is 28.9 Å². The summed E-state index contributed by atoms with van der Waals surface area (Å²) in [5.74, 6) is 0. The van der Waals surface area contributed by atoms with Gasteiger partial charge in [-0.05, 0) is 0 Å². The van der Waals surface area contributed by atoms with Crippen LogP contribution in [0.2, 0.25) is 0 Å². The number of hydrogen-bond acceptors (Lipinski definition) is 3. The molecule has 3 nitrogen and oxygen atoms in total. The van der Waals surface area contributed by atoms with Crippen molar-refractivity contribution in [2.24, 2.45) is 0 Å². The van der Waals surface area contributed by atoms with E-state index in [0.29, 0.717) is 0 Å². The molecule has 1 aromatic heterocycles. The molecule has 1 heterocycles. The molecule has 1 aliphatic rings. The molecule has 0 fully saturated rings. The monoisotopic (exact) mass is 393 g/mol. The number of aromatic nitrogens is 2. The van der Waals surface area contributed by atoms with Crippen LogP contribution in [0.4, 0.5) is 0 Å². The van der Waals surface area contributed by atoms with Crippen molar-refractivity contribution >= 4 is 36.2 Å². The van der Waals surface area contributed by atoms with Gasteiger partial charge in [-0.3, -0.25) is 0 Å². The Balaban J connectivity index is 1.94. The quantitative estimate of drug-likeness (QED) is 0.792. The minimum atomic E-state index is -0.280. The number of hydrogen-bond donors (Lipinski definition) is 1. The Labute approximate surface area is 133 Å². The Morgan fingerprint density at radius 3 is 2.75 bits per heavy atom. The van der Waals surface area contributed by atoms with Gasteiger partial charge in [-0.1, -0.05) is 0 Å². The second kappa shape index (κ2) is 5.59. The maximum atomic E-state index is 10.4. The number of aryl methyl sites for hydroxylation is 2. The average molecular weight is 394 g/mol. The summed E-state index contributed by atoms with van der Waals surface area (Å²) >= 11 is 3.19. The SMILES string of the molecule is Cc1nc([As][C@@H]2c3ccccc3C[C@@H]2O)c(C)nc1Br. The normalized spacial score (nSPS) is 21.6. The van der Waals surface area contributed by atoms with Crippen LogP contribution in [0.5, 0.6) is 0 Å². The summed E-state index contributed by atoms with van der Waals surface area (Å²) in [5.41, 5.74) is 4.46. The molecule has 0 bridgehead atoms. The molecule has 3 rings (SSSR count). The number of nitrogens with zero attached hydrogens (tertiary/aromatic N) is 2. The summed E-state index contributed by atoms with van der Waals surface area (Å²) in [7, 11) is 0. The van der Waals surface area contributed by atoms with Gasteiger partial charge in [0.15, 0.2) is 0 Å². The van der Waals surface area contributed by atoms with E-state index in [9.17, 15) is 5.11 Å². The third-order valence-corrected chi connectivity index (χ3v) is 7.63. The maximum absolute atomic E-state index is 10.4. The average Bonchev–Trinajstić information content (AvgIpc) is 2.72. The molecule has 1 radical (unpaired) electrons. The molecule has 103 valence electrons. The molecule has 0 unspecified atom stereocenters. The van der Waals surface area contributed by atoms with E-state index < -0.39 is 0 Å². The Kier molecular flexibility index (Phi) is 3.98. The van der Waals surface area contributed by atoms with E-state index in [1.807, 2.05) is 19.9 Å². The Morgan fingerprint density at radius 2 is 1.95 bits per heavy atom. The van der Waals surface area contributed by atoms with Crippen LogP contribution < -0.4 is 4.48 Å². The van der Waals surface area contributed by atoms with Crippen LogP contribution in [0.1, 0.15) is 27.2 Å². The second-order valence-electron chi connectivity index (χ2n) is 5.05. The Bertz CT molecular complexity index is 662.